The van der Waals surface area contributed by atoms with Gasteiger partial charge in [-0.3, -0.25) is 0 Å². The second-order valence-corrected chi connectivity index (χ2v) is 12.0. The van der Waals surface area contributed by atoms with Crippen LogP contribution in [-0.4, -0.2) is 21.3 Å². The van der Waals surface area contributed by atoms with Gasteiger partial charge < -0.3 is 9.47 Å². The molecule has 2 rings (SSSR count). The largest absolute Gasteiger partial charge is 0.346 e. The molecule has 0 atom stereocenters. The van der Waals surface area contributed by atoms with Crippen LogP contribution < -0.4 is 5.19 Å². The van der Waals surface area contributed by atoms with Gasteiger partial charge in [-0.2, -0.15) is 0 Å². The van der Waals surface area contributed by atoms with Crippen molar-refractivity contribution in [3.63, 3.8) is 0 Å². The summed E-state index contributed by atoms with van der Waals surface area (Å²) in [5, 5.41) is 1.30. The fourth-order valence-corrected chi connectivity index (χ4v) is 3.99. The summed E-state index contributed by atoms with van der Waals surface area (Å²) in [4.78, 5) is 0. The van der Waals surface area contributed by atoms with Gasteiger partial charge in [0, 0.05) is 5.56 Å². The molecule has 1 aromatic rings. The molecule has 0 unspecified atom stereocenters. The molecular formula is C15H23FO2Si. The average molecular weight is 282 g/mol. The third-order valence-corrected chi connectivity index (χ3v) is 9.89. The second-order valence-electron chi connectivity index (χ2n) is 6.72. The highest BCUT2D eigenvalue weighted by Gasteiger charge is 2.37. The summed E-state index contributed by atoms with van der Waals surface area (Å²) in [5.41, 5.74) is 0.803. The third-order valence-electron chi connectivity index (χ3n) is 4.41. The van der Waals surface area contributed by atoms with Crippen molar-refractivity contribution in [1.29, 1.82) is 0 Å². The maximum absolute atomic E-state index is 13.9. The molecule has 0 bridgehead atoms. The summed E-state index contributed by atoms with van der Waals surface area (Å²) in [6.07, 6.45) is -0.404. The highest BCUT2D eigenvalue weighted by atomic mass is 28.3. The molecule has 0 amide bonds. The second kappa shape index (κ2) is 5.00. The standard InChI is InChI=1S/C15H23FO2Si/c1-15(2,3)19(4,5)13-9-11(8-12(16)10-13)14-17-6-7-18-14/h8-10,14H,6-7H2,1-5H3. The number of halogens is 1. The molecule has 1 aliphatic heterocycles. The van der Waals surface area contributed by atoms with Gasteiger partial charge in [-0.25, -0.2) is 4.39 Å². The minimum atomic E-state index is -1.75. The van der Waals surface area contributed by atoms with E-state index >= 15 is 0 Å². The minimum absolute atomic E-state index is 0.176. The third kappa shape index (κ3) is 2.91. The van der Waals surface area contributed by atoms with E-state index in [4.69, 9.17) is 9.47 Å². The Balaban J connectivity index is 2.41. The zero-order chi connectivity index (χ0) is 14.3. The monoisotopic (exact) mass is 282 g/mol. The van der Waals surface area contributed by atoms with Gasteiger partial charge in [0.2, 0.25) is 0 Å². The molecule has 1 fully saturated rings. The first-order valence-corrected chi connectivity index (χ1v) is 9.76. The highest BCUT2D eigenvalue weighted by Crippen LogP contribution is 2.36. The van der Waals surface area contributed by atoms with E-state index in [0.29, 0.717) is 13.2 Å². The molecule has 1 aromatic carbocycles. The van der Waals surface area contributed by atoms with Gasteiger partial charge in [0.1, 0.15) is 5.82 Å². The molecule has 0 aliphatic carbocycles. The van der Waals surface area contributed by atoms with Crippen molar-refractivity contribution in [3.05, 3.63) is 29.6 Å². The quantitative estimate of drug-likeness (QED) is 0.772. The van der Waals surface area contributed by atoms with E-state index in [-0.39, 0.29) is 10.9 Å². The number of rotatable bonds is 2. The summed E-state index contributed by atoms with van der Waals surface area (Å²) in [5.74, 6) is -0.198. The number of ether oxygens (including phenoxy) is 2. The van der Waals surface area contributed by atoms with Crippen molar-refractivity contribution in [3.8, 4) is 0 Å². The van der Waals surface area contributed by atoms with Crippen molar-refractivity contribution in [2.24, 2.45) is 0 Å². The predicted octanol–water partition coefficient (Wildman–Crippen LogP) is 3.59. The Labute approximate surface area is 115 Å². The Morgan fingerprint density at radius 2 is 1.68 bits per heavy atom. The summed E-state index contributed by atoms with van der Waals surface area (Å²) >= 11 is 0. The molecule has 1 aliphatic rings. The van der Waals surface area contributed by atoms with Crippen molar-refractivity contribution >= 4 is 13.3 Å². The zero-order valence-corrected chi connectivity index (χ0v) is 13.4. The maximum Gasteiger partial charge on any atom is 0.184 e. The molecule has 106 valence electrons. The van der Waals surface area contributed by atoms with Crippen molar-refractivity contribution in [1.82, 2.24) is 0 Å². The fourth-order valence-electron chi connectivity index (χ4n) is 2.09. The Hall–Kier alpha value is -0.713. The Morgan fingerprint density at radius 3 is 2.21 bits per heavy atom. The molecule has 0 N–H and O–H groups in total. The van der Waals surface area contributed by atoms with Gasteiger partial charge in [-0.05, 0) is 17.2 Å². The SMILES string of the molecule is CC(C)(C)[Si](C)(C)c1cc(F)cc(C2OCCO2)c1. The van der Waals surface area contributed by atoms with Crippen LogP contribution in [0.15, 0.2) is 18.2 Å². The molecule has 2 nitrogen and oxygen atoms in total. The highest BCUT2D eigenvalue weighted by molar-refractivity contribution is 6.92. The molecule has 0 saturated carbocycles. The Morgan fingerprint density at radius 1 is 1.11 bits per heavy atom. The van der Waals surface area contributed by atoms with Gasteiger partial charge in [0.15, 0.2) is 6.29 Å². The van der Waals surface area contributed by atoms with E-state index in [0.717, 1.165) is 10.8 Å². The van der Waals surface area contributed by atoms with E-state index in [2.05, 4.69) is 39.9 Å². The van der Waals surface area contributed by atoms with E-state index in [1.54, 1.807) is 6.07 Å². The molecule has 1 heterocycles. The van der Waals surface area contributed by atoms with Crippen LogP contribution >= 0.6 is 0 Å². The van der Waals surface area contributed by atoms with Crippen LogP contribution in [0.5, 0.6) is 0 Å². The maximum atomic E-state index is 13.9. The molecule has 1 saturated heterocycles. The van der Waals surface area contributed by atoms with Crippen molar-refractivity contribution in [2.75, 3.05) is 13.2 Å². The number of benzene rings is 1. The Bertz CT molecular complexity index is 460. The van der Waals surface area contributed by atoms with Gasteiger partial charge in [0.25, 0.3) is 0 Å². The molecular weight excluding hydrogens is 259 g/mol. The van der Waals surface area contributed by atoms with Crippen LogP contribution in [0.3, 0.4) is 0 Å². The van der Waals surface area contributed by atoms with Crippen molar-refractivity contribution in [2.45, 2.75) is 45.2 Å². The summed E-state index contributed by atoms with van der Waals surface area (Å²) < 4.78 is 24.9. The first-order valence-electron chi connectivity index (χ1n) is 6.76. The van der Waals surface area contributed by atoms with E-state index in [1.807, 2.05) is 0 Å². The van der Waals surface area contributed by atoms with Crippen LogP contribution in [0.4, 0.5) is 4.39 Å². The van der Waals surface area contributed by atoms with E-state index in [9.17, 15) is 4.39 Å². The minimum Gasteiger partial charge on any atom is -0.346 e. The summed E-state index contributed by atoms with van der Waals surface area (Å²) in [6, 6.07) is 5.26. The van der Waals surface area contributed by atoms with E-state index < -0.39 is 14.4 Å². The summed E-state index contributed by atoms with van der Waals surface area (Å²) in [6.45, 7) is 12.4. The first kappa shape index (κ1) is 14.7. The van der Waals surface area contributed by atoms with Gasteiger partial charge in [0.05, 0.1) is 21.3 Å². The van der Waals surface area contributed by atoms with Crippen LogP contribution in [0, 0.1) is 5.82 Å². The Kier molecular flexibility index (Phi) is 3.87. The van der Waals surface area contributed by atoms with Crippen LogP contribution in [-0.2, 0) is 9.47 Å². The van der Waals surface area contributed by atoms with Crippen LogP contribution in [0.2, 0.25) is 18.1 Å². The number of hydrogen-bond donors (Lipinski definition) is 0. The first-order chi connectivity index (χ1) is 8.72. The fraction of sp³-hybridized carbons (Fsp3) is 0.600. The molecule has 0 aromatic heterocycles. The molecule has 0 radical (unpaired) electrons. The zero-order valence-electron chi connectivity index (χ0n) is 12.4. The lowest BCUT2D eigenvalue weighted by atomic mass is 10.2. The molecule has 4 heteroatoms. The normalized spacial score (nSPS) is 18.0. The average Bonchev–Trinajstić information content (AvgIpc) is 2.79. The lowest BCUT2D eigenvalue weighted by Gasteiger charge is -2.37. The molecule has 19 heavy (non-hydrogen) atoms. The lowest BCUT2D eigenvalue weighted by Crippen LogP contribution is -2.49. The topological polar surface area (TPSA) is 18.5 Å². The molecule has 0 spiro atoms. The van der Waals surface area contributed by atoms with E-state index in [1.165, 1.54) is 6.07 Å². The summed E-state index contributed by atoms with van der Waals surface area (Å²) in [7, 11) is -1.75. The van der Waals surface area contributed by atoms with Crippen molar-refractivity contribution < 1.29 is 13.9 Å². The van der Waals surface area contributed by atoms with Gasteiger partial charge in [-0.15, -0.1) is 0 Å². The predicted molar refractivity (Wildman–Crippen MR) is 77.9 cm³/mol. The van der Waals surface area contributed by atoms with Gasteiger partial charge >= 0.3 is 0 Å². The van der Waals surface area contributed by atoms with Gasteiger partial charge in [-0.1, -0.05) is 45.1 Å². The lowest BCUT2D eigenvalue weighted by molar-refractivity contribution is -0.0442. The van der Waals surface area contributed by atoms with Crippen LogP contribution in [0.1, 0.15) is 32.6 Å². The number of hydrogen-bond acceptors (Lipinski definition) is 2. The van der Waals surface area contributed by atoms with Crippen LogP contribution in [0.25, 0.3) is 0 Å². The smallest absolute Gasteiger partial charge is 0.184 e.